The molecule has 0 radical (unpaired) electrons. The number of ether oxygens (including phenoxy) is 3. The highest BCUT2D eigenvalue weighted by Gasteiger charge is 2.44. The van der Waals surface area contributed by atoms with Gasteiger partial charge in [0.1, 0.15) is 17.0 Å². The molecule has 0 aliphatic heterocycles. The first-order valence-corrected chi connectivity index (χ1v) is 9.43. The maximum Gasteiger partial charge on any atom is 0.327 e. The van der Waals surface area contributed by atoms with E-state index in [1.165, 1.54) is 11.1 Å². The number of esters is 1. The Balaban J connectivity index is 1.52. The Hall–Kier alpha value is -2.53. The molecule has 0 atom stereocenters. The highest BCUT2D eigenvalue weighted by Crippen LogP contribution is 2.31. The molecule has 1 N–H and O–H groups in total. The Kier molecular flexibility index (Phi) is 6.35. The van der Waals surface area contributed by atoms with E-state index in [9.17, 15) is 4.79 Å². The third-order valence-electron chi connectivity index (χ3n) is 4.88. The van der Waals surface area contributed by atoms with E-state index >= 15 is 0 Å². The second-order valence-corrected chi connectivity index (χ2v) is 6.73. The largest absolute Gasteiger partial charge is 0.497 e. The molecule has 0 heterocycles. The Labute approximate surface area is 160 Å². The number of methoxy groups -OCH3 is 1. The van der Waals surface area contributed by atoms with Crippen LogP contribution < -0.4 is 14.8 Å². The maximum absolute atomic E-state index is 12.7. The molecule has 0 bridgehead atoms. The Morgan fingerprint density at radius 3 is 2.26 bits per heavy atom. The molecule has 0 fully saturated rings. The number of hydrogen-bond acceptors (Lipinski definition) is 5. The van der Waals surface area contributed by atoms with E-state index < -0.39 is 5.54 Å². The van der Waals surface area contributed by atoms with Crippen LogP contribution in [0.2, 0.25) is 0 Å². The van der Waals surface area contributed by atoms with Crippen molar-refractivity contribution >= 4 is 5.97 Å². The van der Waals surface area contributed by atoms with Crippen LogP contribution in [-0.4, -0.2) is 38.4 Å². The first-order valence-electron chi connectivity index (χ1n) is 9.43. The molecule has 0 aromatic heterocycles. The summed E-state index contributed by atoms with van der Waals surface area (Å²) >= 11 is 0. The molecule has 5 heteroatoms. The van der Waals surface area contributed by atoms with Gasteiger partial charge >= 0.3 is 5.97 Å². The van der Waals surface area contributed by atoms with Crippen molar-refractivity contribution in [2.24, 2.45) is 0 Å². The molecule has 1 aliphatic rings. The second-order valence-electron chi connectivity index (χ2n) is 6.73. The molecule has 3 rings (SSSR count). The van der Waals surface area contributed by atoms with Gasteiger partial charge in [-0.05, 0) is 55.3 Å². The van der Waals surface area contributed by atoms with Gasteiger partial charge in [0.05, 0.1) is 20.3 Å². The number of nitrogens with one attached hydrogen (secondary N) is 1. The van der Waals surface area contributed by atoms with Crippen LogP contribution in [0, 0.1) is 0 Å². The molecule has 0 unspecified atom stereocenters. The predicted molar refractivity (Wildman–Crippen MR) is 104 cm³/mol. The van der Waals surface area contributed by atoms with Crippen molar-refractivity contribution in [2.75, 3.05) is 26.9 Å². The monoisotopic (exact) mass is 369 g/mol. The smallest absolute Gasteiger partial charge is 0.327 e. The lowest BCUT2D eigenvalue weighted by Crippen LogP contribution is -2.54. The number of benzene rings is 2. The summed E-state index contributed by atoms with van der Waals surface area (Å²) in [5.74, 6) is 1.45. The van der Waals surface area contributed by atoms with Crippen LogP contribution in [0.15, 0.2) is 48.5 Å². The summed E-state index contributed by atoms with van der Waals surface area (Å²) in [5, 5.41) is 3.46. The number of carbonyl (C=O) groups excluding carboxylic acids is 1. The molecule has 0 amide bonds. The van der Waals surface area contributed by atoms with Gasteiger partial charge in [-0.3, -0.25) is 4.79 Å². The normalized spacial score (nSPS) is 14.4. The van der Waals surface area contributed by atoms with Crippen molar-refractivity contribution in [2.45, 2.75) is 31.7 Å². The van der Waals surface area contributed by atoms with E-state index in [0.29, 0.717) is 32.6 Å². The minimum atomic E-state index is -0.667. The fourth-order valence-electron chi connectivity index (χ4n) is 3.49. The van der Waals surface area contributed by atoms with Gasteiger partial charge in [0.2, 0.25) is 0 Å². The van der Waals surface area contributed by atoms with E-state index in [4.69, 9.17) is 14.2 Å². The molecule has 0 spiro atoms. The number of hydrogen-bond donors (Lipinski definition) is 1. The maximum atomic E-state index is 12.7. The SMILES string of the molecule is CCOC(=O)C1(NCCCOc2ccc(OC)cc2)Cc2ccccc2C1. The highest BCUT2D eigenvalue weighted by molar-refractivity contribution is 5.83. The predicted octanol–water partition coefficient (Wildman–Crippen LogP) is 3.15. The van der Waals surface area contributed by atoms with Crippen molar-refractivity contribution in [3.05, 3.63) is 59.7 Å². The van der Waals surface area contributed by atoms with Crippen LogP contribution in [0.3, 0.4) is 0 Å². The van der Waals surface area contributed by atoms with Crippen LogP contribution in [0.4, 0.5) is 0 Å². The molecule has 2 aromatic carbocycles. The Morgan fingerprint density at radius 2 is 1.67 bits per heavy atom. The summed E-state index contributed by atoms with van der Waals surface area (Å²) in [7, 11) is 1.64. The van der Waals surface area contributed by atoms with Gasteiger partial charge in [-0.2, -0.15) is 0 Å². The van der Waals surface area contributed by atoms with E-state index in [0.717, 1.165) is 17.9 Å². The van der Waals surface area contributed by atoms with Crippen LogP contribution in [-0.2, 0) is 22.4 Å². The zero-order chi connectivity index (χ0) is 19.1. The fraction of sp³-hybridized carbons (Fsp3) is 0.409. The molecule has 27 heavy (non-hydrogen) atoms. The summed E-state index contributed by atoms with van der Waals surface area (Å²) in [5.41, 5.74) is 1.76. The summed E-state index contributed by atoms with van der Waals surface area (Å²) in [6, 6.07) is 15.7. The zero-order valence-corrected chi connectivity index (χ0v) is 16.0. The fourth-order valence-corrected chi connectivity index (χ4v) is 3.49. The van der Waals surface area contributed by atoms with Crippen LogP contribution in [0.5, 0.6) is 11.5 Å². The number of fused-ring (bicyclic) bond motifs is 1. The molecule has 5 nitrogen and oxygen atoms in total. The molecular formula is C22H27NO4. The van der Waals surface area contributed by atoms with Crippen molar-refractivity contribution in [1.29, 1.82) is 0 Å². The molecular weight excluding hydrogens is 342 g/mol. The van der Waals surface area contributed by atoms with Crippen LogP contribution in [0.1, 0.15) is 24.5 Å². The summed E-state index contributed by atoms with van der Waals surface area (Å²) in [6.45, 7) is 3.49. The average Bonchev–Trinajstić information content (AvgIpc) is 3.08. The lowest BCUT2D eigenvalue weighted by Gasteiger charge is -2.28. The molecule has 0 saturated carbocycles. The first kappa shape index (κ1) is 19.2. The average molecular weight is 369 g/mol. The lowest BCUT2D eigenvalue weighted by molar-refractivity contribution is -0.150. The van der Waals surface area contributed by atoms with Crippen LogP contribution >= 0.6 is 0 Å². The van der Waals surface area contributed by atoms with Crippen molar-refractivity contribution < 1.29 is 19.0 Å². The van der Waals surface area contributed by atoms with Crippen molar-refractivity contribution in [1.82, 2.24) is 5.32 Å². The van der Waals surface area contributed by atoms with E-state index in [-0.39, 0.29) is 5.97 Å². The summed E-state index contributed by atoms with van der Waals surface area (Å²) < 4.78 is 16.3. The molecule has 2 aromatic rings. The van der Waals surface area contributed by atoms with Gasteiger partial charge in [-0.1, -0.05) is 24.3 Å². The summed E-state index contributed by atoms with van der Waals surface area (Å²) in [4.78, 5) is 12.7. The molecule has 1 aliphatic carbocycles. The number of rotatable bonds is 9. The first-order chi connectivity index (χ1) is 13.2. The topological polar surface area (TPSA) is 56.8 Å². The van der Waals surface area contributed by atoms with Gasteiger partial charge in [-0.15, -0.1) is 0 Å². The molecule has 0 saturated heterocycles. The highest BCUT2D eigenvalue weighted by atomic mass is 16.5. The lowest BCUT2D eigenvalue weighted by atomic mass is 9.95. The van der Waals surface area contributed by atoms with Crippen molar-refractivity contribution in [3.8, 4) is 11.5 Å². The van der Waals surface area contributed by atoms with Crippen molar-refractivity contribution in [3.63, 3.8) is 0 Å². The van der Waals surface area contributed by atoms with Gasteiger partial charge in [0, 0.05) is 12.8 Å². The molecule has 144 valence electrons. The Morgan fingerprint density at radius 1 is 1.04 bits per heavy atom. The van der Waals surface area contributed by atoms with Gasteiger partial charge in [0.15, 0.2) is 0 Å². The van der Waals surface area contributed by atoms with E-state index in [1.807, 2.05) is 43.3 Å². The third kappa shape index (κ3) is 4.61. The van der Waals surface area contributed by atoms with Gasteiger partial charge in [-0.25, -0.2) is 0 Å². The standard InChI is InChI=1S/C22H27NO4/c1-3-26-21(24)22(15-17-7-4-5-8-18(17)16-22)23-13-6-14-27-20-11-9-19(25-2)10-12-20/h4-5,7-12,23H,3,6,13-16H2,1-2H3. The zero-order valence-electron chi connectivity index (χ0n) is 16.0. The summed E-state index contributed by atoms with van der Waals surface area (Å²) in [6.07, 6.45) is 2.13. The minimum absolute atomic E-state index is 0.169. The Bertz CT molecular complexity index is 732. The quantitative estimate of drug-likeness (QED) is 0.544. The van der Waals surface area contributed by atoms with Gasteiger partial charge in [0.25, 0.3) is 0 Å². The number of carbonyl (C=O) groups is 1. The van der Waals surface area contributed by atoms with Crippen LogP contribution in [0.25, 0.3) is 0 Å². The van der Waals surface area contributed by atoms with E-state index in [1.54, 1.807) is 7.11 Å². The third-order valence-corrected chi connectivity index (χ3v) is 4.88. The minimum Gasteiger partial charge on any atom is -0.497 e. The second kappa shape index (κ2) is 8.91. The van der Waals surface area contributed by atoms with Gasteiger partial charge < -0.3 is 19.5 Å². The van der Waals surface area contributed by atoms with E-state index in [2.05, 4.69) is 17.4 Å².